The summed E-state index contributed by atoms with van der Waals surface area (Å²) in [7, 11) is 0. The lowest BCUT2D eigenvalue weighted by Gasteiger charge is -1.98. The molecule has 0 saturated heterocycles. The standard InChI is InChI=1S/C7H6N6O3S3/c8-5-11-12-7(19-5)17-2-3(14)10-6-9-1-4(18-6)13(15)16/h1H,2H2,(H2,8,11)(H,9,10,14). The summed E-state index contributed by atoms with van der Waals surface area (Å²) >= 11 is 3.16. The van der Waals surface area contributed by atoms with Crippen LogP contribution < -0.4 is 11.1 Å². The highest BCUT2D eigenvalue weighted by molar-refractivity contribution is 8.01. The molecule has 1 amide bonds. The summed E-state index contributed by atoms with van der Waals surface area (Å²) in [5, 5.41) is 20.7. The van der Waals surface area contributed by atoms with Crippen LogP contribution in [0.4, 0.5) is 15.3 Å². The molecule has 0 spiro atoms. The highest BCUT2D eigenvalue weighted by Gasteiger charge is 2.14. The zero-order chi connectivity index (χ0) is 13.8. The molecule has 3 N–H and O–H groups in total. The predicted octanol–water partition coefficient (Wildman–Crippen LogP) is 1.22. The predicted molar refractivity (Wildman–Crippen MR) is 72.4 cm³/mol. The molecule has 0 bridgehead atoms. The third-order valence-electron chi connectivity index (χ3n) is 1.67. The second-order valence-electron chi connectivity index (χ2n) is 3.00. The Morgan fingerprint density at radius 2 is 2.32 bits per heavy atom. The lowest BCUT2D eigenvalue weighted by molar-refractivity contribution is -0.380. The molecule has 2 heterocycles. The van der Waals surface area contributed by atoms with E-state index in [1.54, 1.807) is 0 Å². The summed E-state index contributed by atoms with van der Waals surface area (Å²) in [6.45, 7) is 0. The van der Waals surface area contributed by atoms with Crippen LogP contribution in [0.1, 0.15) is 0 Å². The fourth-order valence-corrected chi connectivity index (χ4v) is 3.05. The summed E-state index contributed by atoms with van der Waals surface area (Å²) < 4.78 is 0.581. The maximum Gasteiger partial charge on any atom is 0.345 e. The molecule has 0 aromatic carbocycles. The number of thiazole rings is 1. The summed E-state index contributed by atoms with van der Waals surface area (Å²) in [5.41, 5.74) is 5.40. The Bertz CT molecular complexity index is 611. The van der Waals surface area contributed by atoms with Crippen molar-refractivity contribution in [3.63, 3.8) is 0 Å². The van der Waals surface area contributed by atoms with Crippen molar-refractivity contribution in [1.82, 2.24) is 15.2 Å². The highest BCUT2D eigenvalue weighted by atomic mass is 32.2. The van der Waals surface area contributed by atoms with Gasteiger partial charge in [0, 0.05) is 0 Å². The molecule has 0 radical (unpaired) electrons. The molecule has 100 valence electrons. The van der Waals surface area contributed by atoms with Gasteiger partial charge in [-0.3, -0.25) is 14.9 Å². The van der Waals surface area contributed by atoms with Crippen LogP contribution in [0, 0.1) is 10.1 Å². The number of amides is 1. The number of thioether (sulfide) groups is 1. The third kappa shape index (κ3) is 3.84. The van der Waals surface area contributed by atoms with E-state index < -0.39 is 4.92 Å². The van der Waals surface area contributed by atoms with Crippen molar-refractivity contribution in [3.05, 3.63) is 16.3 Å². The first-order valence-electron chi connectivity index (χ1n) is 4.66. The van der Waals surface area contributed by atoms with Crippen LogP contribution in [0.15, 0.2) is 10.5 Å². The van der Waals surface area contributed by atoms with Crippen LogP contribution in [0.5, 0.6) is 0 Å². The van der Waals surface area contributed by atoms with Gasteiger partial charge in [0.05, 0.1) is 10.7 Å². The van der Waals surface area contributed by atoms with Crippen molar-refractivity contribution < 1.29 is 9.72 Å². The minimum Gasteiger partial charge on any atom is -0.374 e. The van der Waals surface area contributed by atoms with Crippen LogP contribution >= 0.6 is 34.4 Å². The molecule has 9 nitrogen and oxygen atoms in total. The van der Waals surface area contributed by atoms with Crippen LogP contribution in [-0.4, -0.2) is 31.8 Å². The Hall–Kier alpha value is -1.79. The van der Waals surface area contributed by atoms with Crippen molar-refractivity contribution in [1.29, 1.82) is 0 Å². The Kier molecular flexibility index (Phi) is 4.24. The van der Waals surface area contributed by atoms with E-state index in [0.717, 1.165) is 17.5 Å². The molecule has 2 aromatic rings. The van der Waals surface area contributed by atoms with Crippen molar-refractivity contribution in [3.8, 4) is 0 Å². The quantitative estimate of drug-likeness (QED) is 0.477. The minimum absolute atomic E-state index is 0.0992. The number of carbonyl (C=O) groups excluding carboxylic acids is 1. The maximum absolute atomic E-state index is 11.6. The minimum atomic E-state index is -0.563. The van der Waals surface area contributed by atoms with Gasteiger partial charge in [-0.1, -0.05) is 23.1 Å². The smallest absolute Gasteiger partial charge is 0.345 e. The zero-order valence-electron chi connectivity index (χ0n) is 9.10. The highest BCUT2D eigenvalue weighted by Crippen LogP contribution is 2.26. The van der Waals surface area contributed by atoms with Gasteiger partial charge in [0.2, 0.25) is 11.0 Å². The van der Waals surface area contributed by atoms with E-state index in [1.807, 2.05) is 0 Å². The van der Waals surface area contributed by atoms with E-state index in [1.165, 1.54) is 23.1 Å². The zero-order valence-corrected chi connectivity index (χ0v) is 11.5. The molecule has 0 fully saturated rings. The normalized spacial score (nSPS) is 10.3. The van der Waals surface area contributed by atoms with Gasteiger partial charge in [-0.25, -0.2) is 4.98 Å². The molecule has 0 saturated carbocycles. The van der Waals surface area contributed by atoms with E-state index >= 15 is 0 Å². The maximum atomic E-state index is 11.6. The molecular weight excluding hydrogens is 312 g/mol. The van der Waals surface area contributed by atoms with Gasteiger partial charge in [-0.05, 0) is 11.3 Å². The molecule has 0 atom stereocenters. The first-order chi connectivity index (χ1) is 9.04. The molecular formula is C7H6N6O3S3. The third-order valence-corrected chi connectivity index (χ3v) is 4.42. The Morgan fingerprint density at radius 1 is 1.53 bits per heavy atom. The second kappa shape index (κ2) is 5.90. The average molecular weight is 318 g/mol. The van der Waals surface area contributed by atoms with Crippen molar-refractivity contribution in [2.24, 2.45) is 0 Å². The SMILES string of the molecule is Nc1nnc(SCC(=O)Nc2ncc([N+](=O)[O-])s2)s1. The molecule has 0 aliphatic rings. The fourth-order valence-electron chi connectivity index (χ4n) is 0.969. The van der Waals surface area contributed by atoms with Gasteiger partial charge in [-0.15, -0.1) is 10.2 Å². The molecule has 19 heavy (non-hydrogen) atoms. The van der Waals surface area contributed by atoms with Gasteiger partial charge < -0.3 is 11.1 Å². The van der Waals surface area contributed by atoms with Crippen LogP contribution in [0.25, 0.3) is 0 Å². The van der Waals surface area contributed by atoms with E-state index in [2.05, 4.69) is 20.5 Å². The number of nitro groups is 1. The van der Waals surface area contributed by atoms with Gasteiger partial charge in [0.25, 0.3) is 0 Å². The summed E-state index contributed by atoms with van der Waals surface area (Å²) in [6.07, 6.45) is 1.10. The first kappa shape index (κ1) is 13.6. The number of nitrogens with two attached hydrogens (primary N) is 1. The summed E-state index contributed by atoms with van der Waals surface area (Å²) in [4.78, 5) is 25.2. The monoisotopic (exact) mass is 318 g/mol. The number of nitrogens with one attached hydrogen (secondary N) is 1. The van der Waals surface area contributed by atoms with E-state index in [-0.39, 0.29) is 21.8 Å². The molecule has 0 aliphatic carbocycles. The molecule has 12 heteroatoms. The van der Waals surface area contributed by atoms with Gasteiger partial charge in [0.1, 0.15) is 6.20 Å². The number of nitrogen functional groups attached to an aromatic ring is 1. The van der Waals surface area contributed by atoms with Crippen molar-refractivity contribution in [2.45, 2.75) is 4.34 Å². The second-order valence-corrected chi connectivity index (χ2v) is 6.24. The number of rotatable bonds is 5. The van der Waals surface area contributed by atoms with Crippen LogP contribution in [-0.2, 0) is 4.79 Å². The number of anilines is 2. The van der Waals surface area contributed by atoms with E-state index in [9.17, 15) is 14.9 Å². The Morgan fingerprint density at radius 3 is 2.89 bits per heavy atom. The summed E-state index contributed by atoms with van der Waals surface area (Å²) in [6, 6.07) is 0. The fraction of sp³-hybridized carbons (Fsp3) is 0.143. The van der Waals surface area contributed by atoms with Crippen molar-refractivity contribution in [2.75, 3.05) is 16.8 Å². The topological polar surface area (TPSA) is 137 Å². The largest absolute Gasteiger partial charge is 0.374 e. The van der Waals surface area contributed by atoms with Crippen LogP contribution in [0.2, 0.25) is 0 Å². The number of hydrogen-bond acceptors (Lipinski definition) is 10. The Labute approximate surface area is 118 Å². The van der Waals surface area contributed by atoms with Crippen molar-refractivity contribution >= 4 is 55.6 Å². The molecule has 2 aromatic heterocycles. The number of nitrogens with zero attached hydrogens (tertiary/aromatic N) is 4. The van der Waals surface area contributed by atoms with E-state index in [0.29, 0.717) is 9.47 Å². The molecule has 0 unspecified atom stereocenters. The van der Waals surface area contributed by atoms with Gasteiger partial charge in [0.15, 0.2) is 9.47 Å². The number of hydrogen-bond donors (Lipinski definition) is 2. The van der Waals surface area contributed by atoms with Crippen LogP contribution in [0.3, 0.4) is 0 Å². The average Bonchev–Trinajstić information content (AvgIpc) is 2.96. The van der Waals surface area contributed by atoms with Gasteiger partial charge >= 0.3 is 5.00 Å². The first-order valence-corrected chi connectivity index (χ1v) is 7.28. The lowest BCUT2D eigenvalue weighted by Crippen LogP contribution is -2.13. The lowest BCUT2D eigenvalue weighted by atomic mass is 10.7. The Balaban J connectivity index is 1.85. The number of carbonyl (C=O) groups is 1. The summed E-state index contributed by atoms with van der Waals surface area (Å²) in [5.74, 6) is -0.231. The van der Waals surface area contributed by atoms with E-state index in [4.69, 9.17) is 5.73 Å². The number of aromatic nitrogens is 3. The van der Waals surface area contributed by atoms with Gasteiger partial charge in [-0.2, -0.15) is 0 Å². The molecule has 2 rings (SSSR count). The molecule has 0 aliphatic heterocycles.